The number of aliphatic hydroxyl groups is 1. The highest BCUT2D eigenvalue weighted by atomic mass is 35.5. The van der Waals surface area contributed by atoms with Crippen LogP contribution in [0.2, 0.25) is 5.02 Å². The van der Waals surface area contributed by atoms with Gasteiger partial charge in [0.1, 0.15) is 0 Å². The molecule has 0 saturated heterocycles. The fourth-order valence-electron chi connectivity index (χ4n) is 1.46. The maximum Gasteiger partial charge on any atom is 0.0917 e. The Morgan fingerprint density at radius 1 is 1.53 bits per heavy atom. The predicted molar refractivity (Wildman–Crippen MR) is 62.3 cm³/mol. The maximum atomic E-state index is 10.2. The molecule has 2 nitrogen and oxygen atoms in total. The summed E-state index contributed by atoms with van der Waals surface area (Å²) < 4.78 is 5.13. The zero-order chi connectivity index (χ0) is 11.5. The van der Waals surface area contributed by atoms with Crippen LogP contribution in [-0.2, 0) is 11.2 Å². The molecular formula is C12H17ClO2. The van der Waals surface area contributed by atoms with Gasteiger partial charge in [-0.25, -0.2) is 0 Å². The van der Waals surface area contributed by atoms with Crippen molar-refractivity contribution in [2.75, 3.05) is 7.11 Å². The molecule has 3 heteroatoms. The Bertz CT molecular complexity index is 323. The van der Waals surface area contributed by atoms with Crippen LogP contribution < -0.4 is 0 Å². The van der Waals surface area contributed by atoms with Crippen molar-refractivity contribution in [3.8, 4) is 0 Å². The quantitative estimate of drug-likeness (QED) is 0.859. The van der Waals surface area contributed by atoms with Crippen LogP contribution in [0.4, 0.5) is 0 Å². The standard InChI is InChI=1S/C12H17ClO2/c1-9(15-3)12(2,14)8-10-5-4-6-11(13)7-10/h4-7,9,14H,8H2,1-3H3. The fraction of sp³-hybridized carbons (Fsp3) is 0.500. The third-order valence-corrected chi connectivity index (χ3v) is 2.92. The molecule has 0 amide bonds. The minimum absolute atomic E-state index is 0.212. The maximum absolute atomic E-state index is 10.2. The smallest absolute Gasteiger partial charge is 0.0917 e. The van der Waals surface area contributed by atoms with Crippen LogP contribution in [0.15, 0.2) is 24.3 Å². The lowest BCUT2D eigenvalue weighted by atomic mass is 9.92. The van der Waals surface area contributed by atoms with E-state index >= 15 is 0 Å². The van der Waals surface area contributed by atoms with Gasteiger partial charge >= 0.3 is 0 Å². The molecule has 0 aliphatic heterocycles. The van der Waals surface area contributed by atoms with Crippen molar-refractivity contribution in [3.63, 3.8) is 0 Å². The van der Waals surface area contributed by atoms with E-state index in [1.54, 1.807) is 14.0 Å². The third kappa shape index (κ3) is 3.49. The van der Waals surface area contributed by atoms with Crippen molar-refractivity contribution >= 4 is 11.6 Å². The van der Waals surface area contributed by atoms with Gasteiger partial charge in [0.05, 0.1) is 11.7 Å². The number of methoxy groups -OCH3 is 1. The first-order valence-electron chi connectivity index (χ1n) is 4.95. The van der Waals surface area contributed by atoms with Gasteiger partial charge in [-0.2, -0.15) is 0 Å². The topological polar surface area (TPSA) is 29.5 Å². The summed E-state index contributed by atoms with van der Waals surface area (Å²) in [5, 5.41) is 10.8. The lowest BCUT2D eigenvalue weighted by Crippen LogP contribution is -2.40. The first-order chi connectivity index (χ1) is 6.95. The summed E-state index contributed by atoms with van der Waals surface area (Å²) >= 11 is 5.87. The van der Waals surface area contributed by atoms with Crippen LogP contribution in [0.5, 0.6) is 0 Å². The number of hydrogen-bond donors (Lipinski definition) is 1. The van der Waals surface area contributed by atoms with E-state index in [9.17, 15) is 5.11 Å². The van der Waals surface area contributed by atoms with E-state index in [2.05, 4.69) is 0 Å². The summed E-state index contributed by atoms with van der Waals surface area (Å²) in [7, 11) is 1.59. The number of hydrogen-bond acceptors (Lipinski definition) is 2. The summed E-state index contributed by atoms with van der Waals surface area (Å²) in [6, 6.07) is 7.51. The summed E-state index contributed by atoms with van der Waals surface area (Å²) in [5.41, 5.74) is 0.135. The Labute approximate surface area is 95.8 Å². The Kier molecular flexibility index (Phi) is 4.14. The molecular weight excluding hydrogens is 212 g/mol. The van der Waals surface area contributed by atoms with Crippen LogP contribution in [0.3, 0.4) is 0 Å². The Hall–Kier alpha value is -0.570. The largest absolute Gasteiger partial charge is 0.387 e. The van der Waals surface area contributed by atoms with Gasteiger partial charge in [0.2, 0.25) is 0 Å². The molecule has 0 aliphatic rings. The first-order valence-corrected chi connectivity index (χ1v) is 5.33. The molecule has 1 aromatic rings. The molecule has 1 rings (SSSR count). The van der Waals surface area contributed by atoms with E-state index < -0.39 is 5.60 Å². The van der Waals surface area contributed by atoms with Crippen LogP contribution in [0, 0.1) is 0 Å². The van der Waals surface area contributed by atoms with Gasteiger partial charge in [0.25, 0.3) is 0 Å². The van der Waals surface area contributed by atoms with Gasteiger partial charge in [-0.15, -0.1) is 0 Å². The monoisotopic (exact) mass is 228 g/mol. The highest BCUT2D eigenvalue weighted by Gasteiger charge is 2.28. The van der Waals surface area contributed by atoms with Crippen molar-refractivity contribution in [1.29, 1.82) is 0 Å². The van der Waals surface area contributed by atoms with E-state index in [1.807, 2.05) is 31.2 Å². The SMILES string of the molecule is COC(C)C(C)(O)Cc1cccc(Cl)c1. The fourth-order valence-corrected chi connectivity index (χ4v) is 1.67. The predicted octanol–water partition coefficient (Wildman–Crippen LogP) is 2.67. The molecule has 0 aromatic heterocycles. The summed E-state index contributed by atoms with van der Waals surface area (Å²) in [6.07, 6.45) is 0.319. The Balaban J connectivity index is 2.77. The van der Waals surface area contributed by atoms with Crippen LogP contribution >= 0.6 is 11.6 Å². The second kappa shape index (κ2) is 4.97. The van der Waals surface area contributed by atoms with Gasteiger partial charge < -0.3 is 9.84 Å². The molecule has 0 heterocycles. The Morgan fingerprint density at radius 2 is 2.20 bits per heavy atom. The van der Waals surface area contributed by atoms with Gasteiger partial charge in [0, 0.05) is 18.6 Å². The van der Waals surface area contributed by atoms with Crippen molar-refractivity contribution in [2.45, 2.75) is 32.0 Å². The van der Waals surface area contributed by atoms with Gasteiger partial charge in [-0.1, -0.05) is 23.7 Å². The van der Waals surface area contributed by atoms with Crippen LogP contribution in [-0.4, -0.2) is 23.9 Å². The normalized spacial score (nSPS) is 17.1. The second-order valence-electron chi connectivity index (χ2n) is 4.04. The van der Waals surface area contributed by atoms with Gasteiger partial charge in [-0.05, 0) is 31.5 Å². The first kappa shape index (κ1) is 12.5. The molecule has 2 unspecified atom stereocenters. The van der Waals surface area contributed by atoms with E-state index in [0.717, 1.165) is 5.56 Å². The average molecular weight is 229 g/mol. The Morgan fingerprint density at radius 3 is 2.73 bits per heavy atom. The molecule has 0 aliphatic carbocycles. The molecule has 0 radical (unpaired) electrons. The summed E-state index contributed by atoms with van der Waals surface area (Å²) in [4.78, 5) is 0. The number of halogens is 1. The second-order valence-corrected chi connectivity index (χ2v) is 4.48. The van der Waals surface area contributed by atoms with Crippen molar-refractivity contribution < 1.29 is 9.84 Å². The summed E-state index contributed by atoms with van der Waals surface area (Å²) in [5.74, 6) is 0. The molecule has 0 saturated carbocycles. The van der Waals surface area contributed by atoms with Crippen molar-refractivity contribution in [3.05, 3.63) is 34.9 Å². The molecule has 1 aromatic carbocycles. The number of ether oxygens (including phenoxy) is 1. The van der Waals surface area contributed by atoms with E-state index in [-0.39, 0.29) is 6.10 Å². The van der Waals surface area contributed by atoms with E-state index in [1.165, 1.54) is 0 Å². The lowest BCUT2D eigenvalue weighted by molar-refractivity contribution is -0.0715. The lowest BCUT2D eigenvalue weighted by Gasteiger charge is -2.29. The minimum Gasteiger partial charge on any atom is -0.387 e. The van der Waals surface area contributed by atoms with Gasteiger partial charge in [0.15, 0.2) is 0 Å². The number of benzene rings is 1. The van der Waals surface area contributed by atoms with E-state index in [4.69, 9.17) is 16.3 Å². The molecule has 1 N–H and O–H groups in total. The van der Waals surface area contributed by atoms with Crippen LogP contribution in [0.1, 0.15) is 19.4 Å². The molecule has 0 fully saturated rings. The average Bonchev–Trinajstić information content (AvgIpc) is 2.15. The minimum atomic E-state index is -0.876. The highest BCUT2D eigenvalue weighted by Crippen LogP contribution is 2.21. The zero-order valence-electron chi connectivity index (χ0n) is 9.33. The van der Waals surface area contributed by atoms with Crippen molar-refractivity contribution in [2.24, 2.45) is 0 Å². The third-order valence-electron chi connectivity index (χ3n) is 2.68. The van der Waals surface area contributed by atoms with Crippen LogP contribution in [0.25, 0.3) is 0 Å². The molecule has 15 heavy (non-hydrogen) atoms. The van der Waals surface area contributed by atoms with Crippen molar-refractivity contribution in [1.82, 2.24) is 0 Å². The zero-order valence-corrected chi connectivity index (χ0v) is 10.1. The molecule has 0 spiro atoms. The molecule has 0 bridgehead atoms. The summed E-state index contributed by atoms with van der Waals surface area (Å²) in [6.45, 7) is 3.62. The molecule has 84 valence electrons. The number of rotatable bonds is 4. The highest BCUT2D eigenvalue weighted by molar-refractivity contribution is 6.30. The van der Waals surface area contributed by atoms with E-state index in [0.29, 0.717) is 11.4 Å². The molecule has 2 atom stereocenters. The van der Waals surface area contributed by atoms with Gasteiger partial charge in [-0.3, -0.25) is 0 Å².